The van der Waals surface area contributed by atoms with E-state index in [0.717, 1.165) is 18.4 Å². The predicted octanol–water partition coefficient (Wildman–Crippen LogP) is 2.23. The Kier molecular flexibility index (Phi) is 11.6. The molecule has 0 saturated carbocycles. The van der Waals surface area contributed by atoms with Crippen molar-refractivity contribution in [3.8, 4) is 0 Å². The SMILES string of the molecule is C=C/C(=C\C=C/CCl)C(NC(=O)C/N=C\N(C=C)c1nc(NC2CCOCC2)ncc1C)C(N)=O. The molecule has 1 saturated heterocycles. The van der Waals surface area contributed by atoms with E-state index in [1.54, 1.807) is 29.3 Å². The van der Waals surface area contributed by atoms with Crippen molar-refractivity contribution in [1.82, 2.24) is 15.3 Å². The molecule has 1 fully saturated rings. The smallest absolute Gasteiger partial charge is 0.244 e. The highest BCUT2D eigenvalue weighted by atomic mass is 35.5. The minimum Gasteiger partial charge on any atom is -0.381 e. The van der Waals surface area contributed by atoms with E-state index < -0.39 is 17.9 Å². The maximum Gasteiger partial charge on any atom is 0.244 e. The lowest BCUT2D eigenvalue weighted by Gasteiger charge is -2.24. The van der Waals surface area contributed by atoms with Crippen LogP contribution < -0.4 is 21.3 Å². The average molecular weight is 502 g/mol. The average Bonchev–Trinajstić information content (AvgIpc) is 2.85. The summed E-state index contributed by atoms with van der Waals surface area (Å²) < 4.78 is 5.38. The standard InChI is InChI=1S/C24H32ClN7O3/c1-4-18(8-6-7-11-25)21(22(26)34)30-20(33)15-27-16-32(5-2)23-17(3)14-28-24(31-23)29-19-9-12-35-13-10-19/h4-8,14,16,19,21H,1-2,9-13,15H2,3H3,(H2,26,34)(H,30,33)(H,28,29,31)/b7-6-,18-8+,27-16-. The van der Waals surface area contributed by atoms with Gasteiger partial charge in [0.1, 0.15) is 18.4 Å². The van der Waals surface area contributed by atoms with Crippen molar-refractivity contribution >= 4 is 41.5 Å². The summed E-state index contributed by atoms with van der Waals surface area (Å²) in [5.74, 6) is 0.159. The molecule has 0 spiro atoms. The van der Waals surface area contributed by atoms with Gasteiger partial charge in [0.05, 0.1) is 6.34 Å². The summed E-state index contributed by atoms with van der Waals surface area (Å²) in [6.07, 6.45) is 12.8. The van der Waals surface area contributed by atoms with Gasteiger partial charge in [0.25, 0.3) is 0 Å². The van der Waals surface area contributed by atoms with Crippen molar-refractivity contribution < 1.29 is 14.3 Å². The molecular weight excluding hydrogens is 470 g/mol. The molecule has 0 bridgehead atoms. The number of aliphatic imine (C=N–C) groups is 1. The number of alkyl halides is 1. The highest BCUT2D eigenvalue weighted by Crippen LogP contribution is 2.19. The first-order chi connectivity index (χ1) is 16.9. The Morgan fingerprint density at radius 2 is 2.14 bits per heavy atom. The lowest BCUT2D eigenvalue weighted by Crippen LogP contribution is -2.46. The van der Waals surface area contributed by atoms with Crippen LogP contribution in [0.2, 0.25) is 0 Å². The third-order valence-electron chi connectivity index (χ3n) is 5.05. The molecule has 1 aromatic heterocycles. The number of allylic oxidation sites excluding steroid dienone is 3. The van der Waals surface area contributed by atoms with Crippen LogP contribution in [0.5, 0.6) is 0 Å². The highest BCUT2D eigenvalue weighted by Gasteiger charge is 2.20. The number of ether oxygens (including phenoxy) is 1. The Labute approximate surface area is 210 Å². The maximum absolute atomic E-state index is 12.4. The number of primary amides is 1. The molecule has 0 aliphatic carbocycles. The van der Waals surface area contributed by atoms with Crippen LogP contribution in [0.4, 0.5) is 11.8 Å². The number of carbonyl (C=O) groups excluding carboxylic acids is 2. The van der Waals surface area contributed by atoms with Crippen LogP contribution in [-0.4, -0.2) is 65.8 Å². The van der Waals surface area contributed by atoms with Crippen molar-refractivity contribution in [3.63, 3.8) is 0 Å². The molecule has 1 atom stereocenters. The molecule has 0 radical (unpaired) electrons. The number of hydrogen-bond acceptors (Lipinski definition) is 7. The van der Waals surface area contributed by atoms with Crippen molar-refractivity contribution in [1.29, 1.82) is 0 Å². The summed E-state index contributed by atoms with van der Waals surface area (Å²) in [5, 5.41) is 5.90. The largest absolute Gasteiger partial charge is 0.381 e. The number of nitrogens with two attached hydrogens (primary N) is 1. The van der Waals surface area contributed by atoms with Crippen molar-refractivity contribution in [2.45, 2.75) is 31.8 Å². The molecule has 1 aromatic rings. The third-order valence-corrected chi connectivity index (χ3v) is 5.23. The molecule has 35 heavy (non-hydrogen) atoms. The van der Waals surface area contributed by atoms with E-state index in [-0.39, 0.29) is 12.6 Å². The molecule has 1 unspecified atom stereocenters. The number of nitrogens with zero attached hydrogens (tertiary/aromatic N) is 4. The van der Waals surface area contributed by atoms with Gasteiger partial charge in [0, 0.05) is 43.1 Å². The van der Waals surface area contributed by atoms with Gasteiger partial charge in [-0.2, -0.15) is 4.98 Å². The Bertz CT molecular complexity index is 987. The summed E-state index contributed by atoms with van der Waals surface area (Å²) in [5.41, 5.74) is 6.70. The number of aryl methyl sites for hydroxylation is 1. The van der Waals surface area contributed by atoms with Gasteiger partial charge in [-0.1, -0.05) is 37.5 Å². The molecule has 11 heteroatoms. The fraction of sp³-hybridized carbons (Fsp3) is 0.375. The summed E-state index contributed by atoms with van der Waals surface area (Å²) >= 11 is 5.61. The number of amides is 2. The zero-order chi connectivity index (χ0) is 25.6. The van der Waals surface area contributed by atoms with E-state index in [0.29, 0.717) is 36.4 Å². The van der Waals surface area contributed by atoms with Gasteiger partial charge >= 0.3 is 0 Å². The van der Waals surface area contributed by atoms with Crippen molar-refractivity contribution in [3.05, 3.63) is 61.0 Å². The van der Waals surface area contributed by atoms with Gasteiger partial charge in [-0.15, -0.1) is 11.6 Å². The number of hydrogen-bond donors (Lipinski definition) is 3. The fourth-order valence-electron chi connectivity index (χ4n) is 3.23. The molecule has 10 nitrogen and oxygen atoms in total. The molecule has 2 rings (SSSR count). The number of anilines is 2. The summed E-state index contributed by atoms with van der Waals surface area (Å²) in [6.45, 7) is 10.5. The third kappa shape index (κ3) is 8.99. The lowest BCUT2D eigenvalue weighted by atomic mass is 10.1. The van der Waals surface area contributed by atoms with E-state index in [2.05, 4.69) is 38.8 Å². The van der Waals surface area contributed by atoms with Gasteiger partial charge in [-0.3, -0.25) is 19.5 Å². The van der Waals surface area contributed by atoms with Crippen LogP contribution in [0.25, 0.3) is 0 Å². The number of rotatable bonds is 13. The zero-order valence-corrected chi connectivity index (χ0v) is 20.6. The molecule has 188 valence electrons. The monoisotopic (exact) mass is 501 g/mol. The summed E-state index contributed by atoms with van der Waals surface area (Å²) in [6, 6.07) is -0.805. The Hall–Kier alpha value is -3.50. The predicted molar refractivity (Wildman–Crippen MR) is 140 cm³/mol. The Morgan fingerprint density at radius 3 is 2.77 bits per heavy atom. The van der Waals surface area contributed by atoms with E-state index in [1.807, 2.05) is 6.92 Å². The molecule has 1 aliphatic rings. The normalized spacial score (nSPS) is 15.7. The van der Waals surface area contributed by atoms with Gasteiger partial charge in [-0.25, -0.2) is 4.98 Å². The van der Waals surface area contributed by atoms with E-state index in [4.69, 9.17) is 22.1 Å². The van der Waals surface area contributed by atoms with Gasteiger partial charge < -0.3 is 21.1 Å². The summed E-state index contributed by atoms with van der Waals surface area (Å²) in [4.78, 5) is 39.0. The minimum atomic E-state index is -1.05. The van der Waals surface area contributed by atoms with Crippen molar-refractivity contribution in [2.24, 2.45) is 10.7 Å². The lowest BCUT2D eigenvalue weighted by molar-refractivity contribution is -0.125. The van der Waals surface area contributed by atoms with Crippen molar-refractivity contribution in [2.75, 3.05) is 35.9 Å². The van der Waals surface area contributed by atoms with Crippen LogP contribution in [0.15, 0.2) is 60.4 Å². The number of nitrogens with one attached hydrogen (secondary N) is 2. The Balaban J connectivity index is 2.05. The highest BCUT2D eigenvalue weighted by molar-refractivity contribution is 6.18. The number of aromatic nitrogens is 2. The van der Waals surface area contributed by atoms with Gasteiger partial charge in [-0.05, 0) is 25.3 Å². The van der Waals surface area contributed by atoms with E-state index >= 15 is 0 Å². The Morgan fingerprint density at radius 1 is 1.40 bits per heavy atom. The maximum atomic E-state index is 12.4. The van der Waals surface area contributed by atoms with Crippen LogP contribution in [-0.2, 0) is 14.3 Å². The van der Waals surface area contributed by atoms with Crippen LogP contribution in [0, 0.1) is 6.92 Å². The first-order valence-corrected chi connectivity index (χ1v) is 11.7. The summed E-state index contributed by atoms with van der Waals surface area (Å²) in [7, 11) is 0. The minimum absolute atomic E-state index is 0.243. The second-order valence-corrected chi connectivity index (χ2v) is 7.94. The molecule has 0 aromatic carbocycles. The van der Waals surface area contributed by atoms with E-state index in [1.165, 1.54) is 18.6 Å². The topological polar surface area (TPSA) is 135 Å². The quantitative estimate of drug-likeness (QED) is 0.163. The van der Waals surface area contributed by atoms with Gasteiger partial charge in [0.15, 0.2) is 0 Å². The van der Waals surface area contributed by atoms with E-state index in [9.17, 15) is 9.59 Å². The van der Waals surface area contributed by atoms with Crippen LogP contribution >= 0.6 is 11.6 Å². The number of carbonyl (C=O) groups is 2. The second-order valence-electron chi connectivity index (χ2n) is 7.63. The molecule has 2 heterocycles. The fourth-order valence-corrected chi connectivity index (χ4v) is 3.33. The molecule has 2 amide bonds. The van der Waals surface area contributed by atoms with Crippen LogP contribution in [0.1, 0.15) is 18.4 Å². The first kappa shape index (κ1) is 27.7. The second kappa shape index (κ2) is 14.7. The number of halogens is 1. The molecule has 4 N–H and O–H groups in total. The van der Waals surface area contributed by atoms with Crippen LogP contribution in [0.3, 0.4) is 0 Å². The first-order valence-electron chi connectivity index (χ1n) is 11.1. The van der Waals surface area contributed by atoms with Gasteiger partial charge in [0.2, 0.25) is 17.8 Å². The molecular formula is C24H32ClN7O3. The zero-order valence-electron chi connectivity index (χ0n) is 19.8. The molecule has 1 aliphatic heterocycles.